The van der Waals surface area contributed by atoms with Gasteiger partial charge in [0.2, 0.25) is 0 Å². The molecular weight excluding hydrogens is 380 g/mol. The second-order valence-electron chi connectivity index (χ2n) is 7.96. The fourth-order valence-corrected chi connectivity index (χ4v) is 4.72. The lowest BCUT2D eigenvalue weighted by Gasteiger charge is -2.29. The van der Waals surface area contributed by atoms with Crippen molar-refractivity contribution >= 4 is 16.6 Å². The van der Waals surface area contributed by atoms with Crippen LogP contribution in [0.2, 0.25) is 0 Å². The highest BCUT2D eigenvalue weighted by atomic mass is 14.9. The molecule has 148 valence electrons. The van der Waals surface area contributed by atoms with Gasteiger partial charge >= 0.3 is 0 Å². The van der Waals surface area contributed by atoms with E-state index in [1.807, 2.05) is 30.9 Å². The average Bonchev–Trinajstić information content (AvgIpc) is 2.84. The van der Waals surface area contributed by atoms with Crippen LogP contribution < -0.4 is 5.73 Å². The summed E-state index contributed by atoms with van der Waals surface area (Å²) in [6.45, 7) is 0. The van der Waals surface area contributed by atoms with Gasteiger partial charge in [-0.05, 0) is 51.8 Å². The lowest BCUT2D eigenvalue weighted by Crippen LogP contribution is -2.15. The van der Waals surface area contributed by atoms with Crippen molar-refractivity contribution in [1.29, 1.82) is 0 Å². The fourth-order valence-electron chi connectivity index (χ4n) is 4.72. The maximum absolute atomic E-state index is 6.33. The highest BCUT2D eigenvalue weighted by molar-refractivity contribution is 5.98. The van der Waals surface area contributed by atoms with Crippen LogP contribution in [0.4, 0.5) is 5.82 Å². The van der Waals surface area contributed by atoms with Gasteiger partial charge in [-0.15, -0.1) is 0 Å². The van der Waals surface area contributed by atoms with Crippen LogP contribution in [0.3, 0.4) is 0 Å². The number of hydrogen-bond donors (Lipinski definition) is 1. The van der Waals surface area contributed by atoms with Crippen LogP contribution in [0.25, 0.3) is 33.2 Å². The molecule has 6 rings (SSSR count). The van der Waals surface area contributed by atoms with Crippen molar-refractivity contribution in [3.63, 3.8) is 0 Å². The van der Waals surface area contributed by atoms with E-state index in [0.29, 0.717) is 5.82 Å². The third-order valence-electron chi connectivity index (χ3n) is 6.23. The summed E-state index contributed by atoms with van der Waals surface area (Å²) in [6, 6.07) is 23.5. The Bertz CT molecular complexity index is 1410. The molecule has 0 saturated carbocycles. The van der Waals surface area contributed by atoms with E-state index in [9.17, 15) is 0 Å². The van der Waals surface area contributed by atoms with Crippen LogP contribution in [0.1, 0.15) is 22.6 Å². The second kappa shape index (κ2) is 7.03. The molecule has 31 heavy (non-hydrogen) atoms. The Morgan fingerprint density at radius 2 is 1.48 bits per heavy atom. The second-order valence-corrected chi connectivity index (χ2v) is 7.96. The molecule has 2 aromatic carbocycles. The van der Waals surface area contributed by atoms with Gasteiger partial charge in [0.25, 0.3) is 0 Å². The molecule has 0 bridgehead atoms. The van der Waals surface area contributed by atoms with E-state index in [0.717, 1.165) is 28.5 Å². The standard InChI is InChI=1S/C27H20N4/c28-27-24-16-30-13-11-21(24)25-22(14-20-10-12-29-15-23(20)26(25)31-27)19-8-6-18(7-9-19)17-4-2-1-3-5-17/h1-13,15-16,22H,14H2,(H2,28,31). The zero-order chi connectivity index (χ0) is 20.8. The average molecular weight is 400 g/mol. The summed E-state index contributed by atoms with van der Waals surface area (Å²) in [5, 5.41) is 2.02. The Morgan fingerprint density at radius 3 is 2.32 bits per heavy atom. The SMILES string of the molecule is Nc1nc2c(c3ccncc13)C(c1ccc(-c3ccccc3)cc1)Cc1ccncc1-2. The van der Waals surface area contributed by atoms with Gasteiger partial charge < -0.3 is 5.73 Å². The number of nitrogen functional groups attached to an aromatic ring is 1. The molecule has 4 heteroatoms. The maximum atomic E-state index is 6.33. The van der Waals surface area contributed by atoms with Crippen LogP contribution in [0.15, 0.2) is 91.5 Å². The Kier molecular flexibility index (Phi) is 4.03. The van der Waals surface area contributed by atoms with Crippen LogP contribution in [-0.4, -0.2) is 15.0 Å². The van der Waals surface area contributed by atoms with Crippen molar-refractivity contribution in [2.75, 3.05) is 5.73 Å². The van der Waals surface area contributed by atoms with Crippen LogP contribution in [0, 0.1) is 0 Å². The molecule has 2 N–H and O–H groups in total. The van der Waals surface area contributed by atoms with E-state index in [4.69, 9.17) is 10.7 Å². The van der Waals surface area contributed by atoms with Gasteiger partial charge in [-0.3, -0.25) is 9.97 Å². The summed E-state index contributed by atoms with van der Waals surface area (Å²) in [6.07, 6.45) is 8.30. The molecule has 1 atom stereocenters. The topological polar surface area (TPSA) is 64.7 Å². The molecule has 0 amide bonds. The smallest absolute Gasteiger partial charge is 0.133 e. The number of nitrogens with zero attached hydrogens (tertiary/aromatic N) is 3. The molecule has 1 aliphatic carbocycles. The number of hydrogen-bond acceptors (Lipinski definition) is 4. The third-order valence-corrected chi connectivity index (χ3v) is 6.23. The molecular formula is C27H20N4. The maximum Gasteiger partial charge on any atom is 0.133 e. The van der Waals surface area contributed by atoms with Gasteiger partial charge in [-0.25, -0.2) is 4.98 Å². The van der Waals surface area contributed by atoms with Gasteiger partial charge in [0.15, 0.2) is 0 Å². The minimum atomic E-state index is 0.188. The van der Waals surface area contributed by atoms with E-state index in [1.54, 1.807) is 0 Å². The summed E-state index contributed by atoms with van der Waals surface area (Å²) < 4.78 is 0. The van der Waals surface area contributed by atoms with Crippen molar-refractivity contribution in [3.8, 4) is 22.4 Å². The van der Waals surface area contributed by atoms with Gasteiger partial charge in [0, 0.05) is 41.7 Å². The molecule has 3 heterocycles. The largest absolute Gasteiger partial charge is 0.383 e. The van der Waals surface area contributed by atoms with Crippen LogP contribution in [0.5, 0.6) is 0 Å². The molecule has 1 aliphatic rings. The third kappa shape index (κ3) is 2.88. The first-order chi connectivity index (χ1) is 15.3. The first-order valence-electron chi connectivity index (χ1n) is 10.4. The van der Waals surface area contributed by atoms with Gasteiger partial charge in [-0.1, -0.05) is 54.6 Å². The first-order valence-corrected chi connectivity index (χ1v) is 10.4. The van der Waals surface area contributed by atoms with E-state index < -0.39 is 0 Å². The predicted octanol–water partition coefficient (Wildman–Crippen LogP) is 5.63. The lowest BCUT2D eigenvalue weighted by atomic mass is 9.76. The first kappa shape index (κ1) is 17.8. The van der Waals surface area contributed by atoms with Gasteiger partial charge in [0.1, 0.15) is 5.82 Å². The molecule has 0 spiro atoms. The quantitative estimate of drug-likeness (QED) is 0.417. The number of aromatic nitrogens is 3. The Balaban J connectivity index is 1.55. The minimum absolute atomic E-state index is 0.188. The molecule has 1 unspecified atom stereocenters. The lowest BCUT2D eigenvalue weighted by molar-refractivity contribution is 0.792. The summed E-state index contributed by atoms with van der Waals surface area (Å²) in [4.78, 5) is 13.5. The minimum Gasteiger partial charge on any atom is -0.383 e. The number of nitrogens with two attached hydrogens (primary N) is 1. The Labute approximate surface area is 180 Å². The number of pyridine rings is 3. The molecule has 3 aromatic heterocycles. The van der Waals surface area contributed by atoms with Crippen molar-refractivity contribution in [3.05, 3.63) is 108 Å². The van der Waals surface area contributed by atoms with E-state index in [1.165, 1.54) is 27.8 Å². The van der Waals surface area contributed by atoms with Gasteiger partial charge in [0.05, 0.1) is 5.69 Å². The zero-order valence-electron chi connectivity index (χ0n) is 16.9. The van der Waals surface area contributed by atoms with Crippen molar-refractivity contribution in [2.45, 2.75) is 12.3 Å². The number of rotatable bonds is 2. The molecule has 0 saturated heterocycles. The summed E-state index contributed by atoms with van der Waals surface area (Å²) >= 11 is 0. The van der Waals surface area contributed by atoms with Crippen molar-refractivity contribution in [2.24, 2.45) is 0 Å². The normalized spacial score (nSPS) is 14.8. The van der Waals surface area contributed by atoms with Crippen molar-refractivity contribution in [1.82, 2.24) is 15.0 Å². The molecule has 0 fully saturated rings. The summed E-state index contributed by atoms with van der Waals surface area (Å²) in [7, 11) is 0. The number of benzene rings is 2. The summed E-state index contributed by atoms with van der Waals surface area (Å²) in [5.74, 6) is 0.699. The Hall–Kier alpha value is -4.05. The highest BCUT2D eigenvalue weighted by Crippen LogP contribution is 2.45. The Morgan fingerprint density at radius 1 is 0.742 bits per heavy atom. The highest BCUT2D eigenvalue weighted by Gasteiger charge is 2.30. The van der Waals surface area contributed by atoms with E-state index in [2.05, 4.69) is 70.6 Å². The zero-order valence-corrected chi connectivity index (χ0v) is 16.9. The molecule has 5 aromatic rings. The van der Waals surface area contributed by atoms with Gasteiger partial charge in [-0.2, -0.15) is 0 Å². The molecule has 4 nitrogen and oxygen atoms in total. The predicted molar refractivity (Wildman–Crippen MR) is 125 cm³/mol. The summed E-state index contributed by atoms with van der Waals surface area (Å²) in [5.41, 5.74) is 14.5. The van der Waals surface area contributed by atoms with E-state index in [-0.39, 0.29) is 5.92 Å². The van der Waals surface area contributed by atoms with E-state index >= 15 is 0 Å². The number of fused-ring (bicyclic) bond motifs is 5. The molecule has 0 radical (unpaired) electrons. The van der Waals surface area contributed by atoms with Crippen LogP contribution >= 0.6 is 0 Å². The monoisotopic (exact) mass is 400 g/mol. The number of anilines is 1. The van der Waals surface area contributed by atoms with Crippen LogP contribution in [-0.2, 0) is 6.42 Å². The fraction of sp³-hybridized carbons (Fsp3) is 0.0741. The molecule has 0 aliphatic heterocycles. The van der Waals surface area contributed by atoms with Crippen molar-refractivity contribution < 1.29 is 0 Å².